The smallest absolute Gasteiger partial charge is 0.241 e. The monoisotopic (exact) mass is 490 g/mol. The summed E-state index contributed by atoms with van der Waals surface area (Å²) in [4.78, 5) is 21.1. The first kappa shape index (κ1) is 22.7. The average molecular weight is 491 g/mol. The van der Waals surface area contributed by atoms with E-state index in [1.807, 2.05) is 55.0 Å². The molecular weight excluding hydrogens is 467 g/mol. The van der Waals surface area contributed by atoms with Gasteiger partial charge in [-0.2, -0.15) is 0 Å². The van der Waals surface area contributed by atoms with E-state index >= 15 is 0 Å². The van der Waals surface area contributed by atoms with Crippen molar-refractivity contribution in [2.75, 3.05) is 24.5 Å². The summed E-state index contributed by atoms with van der Waals surface area (Å²) < 4.78 is 2.14. The van der Waals surface area contributed by atoms with Gasteiger partial charge in [-0.15, -0.1) is 0 Å². The van der Waals surface area contributed by atoms with Crippen LogP contribution in [0.15, 0.2) is 85.3 Å². The molecule has 34 heavy (non-hydrogen) atoms. The molecule has 1 aliphatic heterocycles. The van der Waals surface area contributed by atoms with Gasteiger partial charge < -0.3 is 9.47 Å². The number of nitrogens with zero attached hydrogens (tertiary/aromatic N) is 4. The molecule has 1 fully saturated rings. The van der Waals surface area contributed by atoms with Crippen molar-refractivity contribution in [3.8, 4) is 11.1 Å². The first-order valence-electron chi connectivity index (χ1n) is 11.2. The number of amides is 1. The van der Waals surface area contributed by atoms with Crippen molar-refractivity contribution in [1.29, 1.82) is 0 Å². The van der Waals surface area contributed by atoms with Gasteiger partial charge in [0.1, 0.15) is 0 Å². The fourth-order valence-corrected chi connectivity index (χ4v) is 4.67. The van der Waals surface area contributed by atoms with Crippen molar-refractivity contribution in [3.05, 3.63) is 107 Å². The quantitative estimate of drug-likeness (QED) is 0.345. The molecule has 0 atom stereocenters. The topological polar surface area (TPSA) is 41.4 Å². The van der Waals surface area contributed by atoms with E-state index in [0.29, 0.717) is 24.7 Å². The third-order valence-electron chi connectivity index (χ3n) is 6.07. The molecule has 0 spiro atoms. The zero-order valence-corrected chi connectivity index (χ0v) is 20.1. The number of piperazine rings is 1. The highest BCUT2D eigenvalue weighted by Crippen LogP contribution is 2.24. The minimum Gasteiger partial charge on any atom is -0.329 e. The zero-order chi connectivity index (χ0) is 23.5. The summed E-state index contributed by atoms with van der Waals surface area (Å²) in [6, 6.07) is 23.8. The molecule has 2 heterocycles. The van der Waals surface area contributed by atoms with E-state index in [2.05, 4.69) is 44.8 Å². The van der Waals surface area contributed by atoms with E-state index < -0.39 is 0 Å². The molecule has 1 amide bonds. The van der Waals surface area contributed by atoms with E-state index in [1.54, 1.807) is 4.90 Å². The van der Waals surface area contributed by atoms with Crippen LogP contribution in [-0.4, -0.2) is 40.0 Å². The van der Waals surface area contributed by atoms with Gasteiger partial charge in [-0.25, -0.2) is 4.98 Å². The van der Waals surface area contributed by atoms with Gasteiger partial charge in [-0.3, -0.25) is 9.69 Å². The molecular formula is C27H24Cl2N4O. The summed E-state index contributed by atoms with van der Waals surface area (Å²) >= 11 is 12.2. The Morgan fingerprint density at radius 3 is 2.32 bits per heavy atom. The van der Waals surface area contributed by atoms with Crippen LogP contribution in [0.5, 0.6) is 0 Å². The van der Waals surface area contributed by atoms with Gasteiger partial charge in [0.15, 0.2) is 0 Å². The molecule has 0 aliphatic carbocycles. The maximum atomic E-state index is 12.8. The summed E-state index contributed by atoms with van der Waals surface area (Å²) in [5.41, 5.74) is 5.36. The molecule has 0 unspecified atom stereocenters. The maximum Gasteiger partial charge on any atom is 0.241 e. The second kappa shape index (κ2) is 10.0. The number of hydrogen-bond donors (Lipinski definition) is 0. The van der Waals surface area contributed by atoms with Crippen LogP contribution in [-0.2, 0) is 17.9 Å². The summed E-state index contributed by atoms with van der Waals surface area (Å²) in [7, 11) is 0. The number of anilines is 1. The van der Waals surface area contributed by atoms with Crippen LogP contribution in [0.3, 0.4) is 0 Å². The van der Waals surface area contributed by atoms with Crippen LogP contribution in [0, 0.1) is 0 Å². The molecule has 4 aromatic rings. The van der Waals surface area contributed by atoms with E-state index in [9.17, 15) is 4.79 Å². The lowest BCUT2D eigenvalue weighted by atomic mass is 10.0. The van der Waals surface area contributed by atoms with E-state index in [0.717, 1.165) is 40.6 Å². The van der Waals surface area contributed by atoms with Gasteiger partial charge in [0.2, 0.25) is 5.91 Å². The minimum absolute atomic E-state index is 0.0798. The van der Waals surface area contributed by atoms with Gasteiger partial charge in [-0.05, 0) is 47.0 Å². The van der Waals surface area contributed by atoms with Gasteiger partial charge in [0, 0.05) is 48.1 Å². The Hall–Kier alpha value is -3.12. The van der Waals surface area contributed by atoms with Gasteiger partial charge in [0.25, 0.3) is 0 Å². The third kappa shape index (κ3) is 5.17. The maximum absolute atomic E-state index is 12.8. The molecule has 0 radical (unpaired) electrons. The van der Waals surface area contributed by atoms with Crippen molar-refractivity contribution in [1.82, 2.24) is 14.5 Å². The van der Waals surface area contributed by atoms with Crippen LogP contribution in [0.1, 0.15) is 11.3 Å². The lowest BCUT2D eigenvalue weighted by Crippen LogP contribution is -2.50. The Morgan fingerprint density at radius 2 is 1.59 bits per heavy atom. The van der Waals surface area contributed by atoms with Crippen molar-refractivity contribution in [3.63, 3.8) is 0 Å². The van der Waals surface area contributed by atoms with E-state index in [4.69, 9.17) is 23.2 Å². The van der Waals surface area contributed by atoms with Crippen molar-refractivity contribution in [2.24, 2.45) is 0 Å². The number of benzene rings is 3. The summed E-state index contributed by atoms with van der Waals surface area (Å²) in [5, 5.41) is 1.37. The Bertz CT molecular complexity index is 1300. The van der Waals surface area contributed by atoms with Crippen molar-refractivity contribution in [2.45, 2.75) is 13.1 Å². The summed E-state index contributed by atoms with van der Waals surface area (Å²) in [6.07, 6.45) is 3.73. The number of halogens is 2. The fraction of sp³-hybridized carbons (Fsp3) is 0.185. The molecule has 0 N–H and O–H groups in total. The third-order valence-corrected chi connectivity index (χ3v) is 6.54. The first-order chi connectivity index (χ1) is 16.5. The summed E-state index contributed by atoms with van der Waals surface area (Å²) in [6.45, 7) is 3.19. The summed E-state index contributed by atoms with van der Waals surface area (Å²) in [5.74, 6) is 0.0798. The number of imidazole rings is 1. The SMILES string of the molecule is O=C1CN(Cc2cncn2Cc2ccc(-c3cccc(Cl)c3)cc2)CCN1c1cccc(Cl)c1. The Morgan fingerprint density at radius 1 is 0.824 bits per heavy atom. The van der Waals surface area contributed by atoms with Crippen LogP contribution >= 0.6 is 23.2 Å². The van der Waals surface area contributed by atoms with Gasteiger partial charge in [-0.1, -0.05) is 65.7 Å². The molecule has 1 aliphatic rings. The molecule has 5 rings (SSSR count). The van der Waals surface area contributed by atoms with Crippen LogP contribution in [0.2, 0.25) is 10.0 Å². The first-order valence-corrected chi connectivity index (χ1v) is 11.9. The normalized spacial score (nSPS) is 14.5. The lowest BCUT2D eigenvalue weighted by Gasteiger charge is -2.34. The highest BCUT2D eigenvalue weighted by atomic mass is 35.5. The highest BCUT2D eigenvalue weighted by Gasteiger charge is 2.25. The average Bonchev–Trinajstić information content (AvgIpc) is 3.26. The standard InChI is InChI=1S/C27H24Cl2N4O/c28-23-4-1-3-22(13-23)21-9-7-20(8-10-21)16-32-19-30-15-26(32)17-31-11-12-33(27(34)18-31)25-6-2-5-24(29)14-25/h1-10,13-15,19H,11-12,16-18H2. The molecule has 1 aromatic heterocycles. The predicted octanol–water partition coefficient (Wildman–Crippen LogP) is 5.75. The molecule has 5 nitrogen and oxygen atoms in total. The number of carbonyl (C=O) groups is 1. The number of hydrogen-bond acceptors (Lipinski definition) is 3. The molecule has 1 saturated heterocycles. The van der Waals surface area contributed by atoms with Crippen molar-refractivity contribution < 1.29 is 4.79 Å². The van der Waals surface area contributed by atoms with Crippen LogP contribution < -0.4 is 4.90 Å². The second-order valence-electron chi connectivity index (χ2n) is 8.46. The Balaban J connectivity index is 1.22. The van der Waals surface area contributed by atoms with Crippen LogP contribution in [0.4, 0.5) is 5.69 Å². The largest absolute Gasteiger partial charge is 0.329 e. The predicted molar refractivity (Wildman–Crippen MR) is 137 cm³/mol. The van der Waals surface area contributed by atoms with E-state index in [-0.39, 0.29) is 5.91 Å². The lowest BCUT2D eigenvalue weighted by molar-refractivity contribution is -0.121. The van der Waals surface area contributed by atoms with Crippen LogP contribution in [0.25, 0.3) is 11.1 Å². The molecule has 0 bridgehead atoms. The Labute approximate surface area is 209 Å². The molecule has 172 valence electrons. The fourth-order valence-electron chi connectivity index (χ4n) is 4.29. The molecule has 0 saturated carbocycles. The number of aromatic nitrogens is 2. The number of carbonyl (C=O) groups excluding carboxylic acids is 1. The Kier molecular flexibility index (Phi) is 6.68. The van der Waals surface area contributed by atoms with Crippen molar-refractivity contribution >= 4 is 34.8 Å². The second-order valence-corrected chi connectivity index (χ2v) is 9.33. The highest BCUT2D eigenvalue weighted by molar-refractivity contribution is 6.31. The van der Waals surface area contributed by atoms with E-state index in [1.165, 1.54) is 5.56 Å². The number of rotatable bonds is 6. The van der Waals surface area contributed by atoms with Gasteiger partial charge in [0.05, 0.1) is 18.6 Å². The molecule has 7 heteroatoms. The minimum atomic E-state index is 0.0798. The van der Waals surface area contributed by atoms with Gasteiger partial charge >= 0.3 is 0 Å². The molecule has 3 aromatic carbocycles. The zero-order valence-electron chi connectivity index (χ0n) is 18.6.